The Kier molecular flexibility index (Phi) is 6.65. The molecule has 3 aromatic rings. The highest BCUT2D eigenvalue weighted by Gasteiger charge is 2.28. The number of nitrogens with zero attached hydrogens (tertiary/aromatic N) is 2. The zero-order valence-electron chi connectivity index (χ0n) is 17.1. The highest BCUT2D eigenvalue weighted by molar-refractivity contribution is 6.33. The van der Waals surface area contributed by atoms with E-state index < -0.39 is 11.7 Å². The average molecular weight is 444 g/mol. The SMILES string of the molecule is Cc1onc(-c2c(F)cccc2Cl)c1C(=O)NC(CN1CCOCC1)c1ccccc1. The van der Waals surface area contributed by atoms with Crippen LogP contribution in [0.2, 0.25) is 5.02 Å². The molecule has 1 N–H and O–H groups in total. The van der Waals surface area contributed by atoms with Gasteiger partial charge in [-0.15, -0.1) is 0 Å². The summed E-state index contributed by atoms with van der Waals surface area (Å²) < 4.78 is 25.2. The standard InChI is InChI=1S/C23H23ClFN3O3/c1-15-20(22(27-31-15)21-17(24)8-5-9-18(21)25)23(29)26-19(16-6-3-2-4-7-16)14-28-10-12-30-13-11-28/h2-9,19H,10-14H2,1H3,(H,26,29). The number of carbonyl (C=O) groups excluding carboxylic acids is 1. The first-order chi connectivity index (χ1) is 15.0. The lowest BCUT2D eigenvalue weighted by Crippen LogP contribution is -2.43. The maximum Gasteiger partial charge on any atom is 0.257 e. The Morgan fingerprint density at radius 3 is 2.65 bits per heavy atom. The quantitative estimate of drug-likeness (QED) is 0.617. The van der Waals surface area contributed by atoms with Crippen LogP contribution in [0.25, 0.3) is 11.3 Å². The summed E-state index contributed by atoms with van der Waals surface area (Å²) in [5.74, 6) is -0.664. The van der Waals surface area contributed by atoms with Gasteiger partial charge in [-0.25, -0.2) is 4.39 Å². The van der Waals surface area contributed by atoms with Gasteiger partial charge >= 0.3 is 0 Å². The molecular formula is C23H23ClFN3O3. The number of benzene rings is 2. The van der Waals surface area contributed by atoms with Crippen LogP contribution in [0.1, 0.15) is 27.7 Å². The fraction of sp³-hybridized carbons (Fsp3) is 0.304. The fourth-order valence-corrected chi connectivity index (χ4v) is 3.98. The zero-order chi connectivity index (χ0) is 21.8. The molecule has 1 atom stereocenters. The summed E-state index contributed by atoms with van der Waals surface area (Å²) >= 11 is 6.21. The molecule has 0 spiro atoms. The van der Waals surface area contributed by atoms with E-state index >= 15 is 0 Å². The smallest absolute Gasteiger partial charge is 0.257 e. The molecule has 1 unspecified atom stereocenters. The predicted octanol–water partition coefficient (Wildman–Crippen LogP) is 4.25. The van der Waals surface area contributed by atoms with E-state index in [-0.39, 0.29) is 27.9 Å². The molecule has 1 saturated heterocycles. The molecule has 0 aliphatic carbocycles. The van der Waals surface area contributed by atoms with Gasteiger partial charge < -0.3 is 14.6 Å². The van der Waals surface area contributed by atoms with Crippen LogP contribution in [0, 0.1) is 12.7 Å². The fourth-order valence-electron chi connectivity index (χ4n) is 3.73. The second kappa shape index (κ2) is 9.60. The second-order valence-electron chi connectivity index (χ2n) is 7.41. The van der Waals surface area contributed by atoms with E-state index in [9.17, 15) is 9.18 Å². The molecule has 1 fully saturated rings. The van der Waals surface area contributed by atoms with Crippen LogP contribution in [0.15, 0.2) is 53.1 Å². The largest absolute Gasteiger partial charge is 0.379 e. The van der Waals surface area contributed by atoms with Crippen LogP contribution in [0.3, 0.4) is 0 Å². The lowest BCUT2D eigenvalue weighted by atomic mass is 10.0. The predicted molar refractivity (Wildman–Crippen MR) is 116 cm³/mol. The molecule has 1 aromatic heterocycles. The van der Waals surface area contributed by atoms with Crippen molar-refractivity contribution in [3.8, 4) is 11.3 Å². The van der Waals surface area contributed by atoms with Gasteiger partial charge in [0.25, 0.3) is 5.91 Å². The van der Waals surface area contributed by atoms with Crippen molar-refractivity contribution in [3.63, 3.8) is 0 Å². The molecule has 31 heavy (non-hydrogen) atoms. The van der Waals surface area contributed by atoms with Crippen LogP contribution >= 0.6 is 11.6 Å². The molecule has 162 valence electrons. The summed E-state index contributed by atoms with van der Waals surface area (Å²) in [6.07, 6.45) is 0. The summed E-state index contributed by atoms with van der Waals surface area (Å²) in [6, 6.07) is 13.8. The minimum Gasteiger partial charge on any atom is -0.379 e. The van der Waals surface area contributed by atoms with E-state index in [2.05, 4.69) is 15.4 Å². The van der Waals surface area contributed by atoms with Crippen molar-refractivity contribution in [1.82, 2.24) is 15.4 Å². The van der Waals surface area contributed by atoms with Crippen molar-refractivity contribution < 1.29 is 18.4 Å². The monoisotopic (exact) mass is 443 g/mol. The topological polar surface area (TPSA) is 67.6 Å². The van der Waals surface area contributed by atoms with E-state index in [4.69, 9.17) is 20.9 Å². The Hall–Kier alpha value is -2.74. The van der Waals surface area contributed by atoms with Gasteiger partial charge in [0.1, 0.15) is 22.8 Å². The van der Waals surface area contributed by atoms with Gasteiger partial charge in [-0.2, -0.15) is 0 Å². The Morgan fingerprint density at radius 1 is 1.19 bits per heavy atom. The number of nitrogens with one attached hydrogen (secondary N) is 1. The van der Waals surface area contributed by atoms with Crippen molar-refractivity contribution in [2.24, 2.45) is 0 Å². The number of hydrogen-bond acceptors (Lipinski definition) is 5. The minimum absolute atomic E-state index is 0.0515. The van der Waals surface area contributed by atoms with Gasteiger partial charge in [0.05, 0.1) is 29.8 Å². The lowest BCUT2D eigenvalue weighted by Gasteiger charge is -2.31. The summed E-state index contributed by atoms with van der Waals surface area (Å²) in [7, 11) is 0. The number of rotatable bonds is 6. The minimum atomic E-state index is -0.567. The van der Waals surface area contributed by atoms with Crippen molar-refractivity contribution in [1.29, 1.82) is 0 Å². The van der Waals surface area contributed by atoms with Crippen LogP contribution in [-0.4, -0.2) is 48.8 Å². The van der Waals surface area contributed by atoms with Gasteiger partial charge in [-0.3, -0.25) is 9.69 Å². The number of amides is 1. The van der Waals surface area contributed by atoms with E-state index in [1.165, 1.54) is 12.1 Å². The van der Waals surface area contributed by atoms with E-state index in [1.807, 2.05) is 30.3 Å². The van der Waals surface area contributed by atoms with Crippen LogP contribution in [0.4, 0.5) is 4.39 Å². The number of halogens is 2. The summed E-state index contributed by atoms with van der Waals surface area (Å²) in [4.78, 5) is 15.6. The number of hydrogen-bond donors (Lipinski definition) is 1. The van der Waals surface area contributed by atoms with Crippen molar-refractivity contribution in [2.75, 3.05) is 32.8 Å². The highest BCUT2D eigenvalue weighted by Crippen LogP contribution is 2.33. The van der Waals surface area contributed by atoms with E-state index in [1.54, 1.807) is 13.0 Å². The molecular weight excluding hydrogens is 421 g/mol. The summed E-state index contributed by atoms with van der Waals surface area (Å²) in [6.45, 7) is 5.16. The lowest BCUT2D eigenvalue weighted by molar-refractivity contribution is 0.0332. The molecule has 1 aliphatic heterocycles. The number of aromatic nitrogens is 1. The van der Waals surface area contributed by atoms with Gasteiger partial charge in [0, 0.05) is 19.6 Å². The number of morpholine rings is 1. The normalized spacial score (nSPS) is 15.6. The third-order valence-electron chi connectivity index (χ3n) is 5.34. The molecule has 8 heteroatoms. The van der Waals surface area contributed by atoms with Crippen molar-refractivity contribution >= 4 is 17.5 Å². The molecule has 0 saturated carbocycles. The molecule has 1 amide bonds. The van der Waals surface area contributed by atoms with Gasteiger partial charge in [0.2, 0.25) is 0 Å². The first-order valence-corrected chi connectivity index (χ1v) is 10.5. The van der Waals surface area contributed by atoms with Crippen LogP contribution in [0.5, 0.6) is 0 Å². The number of ether oxygens (including phenoxy) is 1. The zero-order valence-corrected chi connectivity index (χ0v) is 17.9. The van der Waals surface area contributed by atoms with Crippen molar-refractivity contribution in [2.45, 2.75) is 13.0 Å². The van der Waals surface area contributed by atoms with E-state index in [0.29, 0.717) is 25.5 Å². The molecule has 0 radical (unpaired) electrons. The van der Waals surface area contributed by atoms with Crippen molar-refractivity contribution in [3.05, 3.63) is 76.3 Å². The summed E-state index contributed by atoms with van der Waals surface area (Å²) in [5.41, 5.74) is 1.30. The second-order valence-corrected chi connectivity index (χ2v) is 7.82. The summed E-state index contributed by atoms with van der Waals surface area (Å²) in [5, 5.41) is 7.19. The van der Waals surface area contributed by atoms with E-state index in [0.717, 1.165) is 18.7 Å². The third kappa shape index (κ3) is 4.79. The van der Waals surface area contributed by atoms with Gasteiger partial charge in [-0.1, -0.05) is 53.2 Å². The average Bonchev–Trinajstić information content (AvgIpc) is 3.15. The third-order valence-corrected chi connectivity index (χ3v) is 5.66. The Balaban J connectivity index is 1.64. The first kappa shape index (κ1) is 21.5. The Labute approximate surface area is 184 Å². The van der Waals surface area contributed by atoms with Crippen LogP contribution < -0.4 is 5.32 Å². The molecule has 4 rings (SSSR count). The van der Waals surface area contributed by atoms with Gasteiger partial charge in [-0.05, 0) is 24.6 Å². The number of carbonyl (C=O) groups is 1. The maximum absolute atomic E-state index is 14.5. The van der Waals surface area contributed by atoms with Crippen LogP contribution in [-0.2, 0) is 4.74 Å². The molecule has 2 heterocycles. The number of aryl methyl sites for hydroxylation is 1. The van der Waals surface area contributed by atoms with Gasteiger partial charge in [0.15, 0.2) is 0 Å². The molecule has 0 bridgehead atoms. The molecule has 6 nitrogen and oxygen atoms in total. The molecule has 1 aliphatic rings. The Bertz CT molecular complexity index is 1030. The maximum atomic E-state index is 14.5. The molecule has 2 aromatic carbocycles. The highest BCUT2D eigenvalue weighted by atomic mass is 35.5. The Morgan fingerprint density at radius 2 is 1.94 bits per heavy atom. The first-order valence-electron chi connectivity index (χ1n) is 10.1.